The minimum Gasteiger partial charge on any atom is -0.341 e. The van der Waals surface area contributed by atoms with Crippen molar-refractivity contribution in [3.05, 3.63) is 59.1 Å². The molecule has 7 heteroatoms. The number of likely N-dealkylation sites (N-methyl/N-ethyl adjacent to an activating group) is 1. The van der Waals surface area contributed by atoms with Gasteiger partial charge in [0.2, 0.25) is 5.91 Å². The third-order valence-corrected chi connectivity index (χ3v) is 7.61. The smallest absolute Gasteiger partial charge is 0.264 e. The highest BCUT2D eigenvalue weighted by atomic mass is 35.5. The lowest BCUT2D eigenvalue weighted by molar-refractivity contribution is -0.130. The zero-order valence-electron chi connectivity index (χ0n) is 16.8. The van der Waals surface area contributed by atoms with E-state index in [0.717, 1.165) is 31.2 Å². The molecule has 1 fully saturated rings. The van der Waals surface area contributed by atoms with Crippen LogP contribution in [0.1, 0.15) is 37.7 Å². The Morgan fingerprint density at radius 1 is 1.03 bits per heavy atom. The van der Waals surface area contributed by atoms with E-state index in [0.29, 0.717) is 10.7 Å². The topological polar surface area (TPSA) is 57.7 Å². The SMILES string of the molecule is Cc1ccccc1N(CC(=O)N(C)C1CCCCC1)S(=O)(=O)c1ccc(Cl)cc1. The summed E-state index contributed by atoms with van der Waals surface area (Å²) in [4.78, 5) is 14.9. The minimum atomic E-state index is -3.93. The molecule has 0 heterocycles. The summed E-state index contributed by atoms with van der Waals surface area (Å²) in [5.41, 5.74) is 1.30. The number of carbonyl (C=O) groups is 1. The molecule has 0 bridgehead atoms. The number of benzene rings is 2. The monoisotopic (exact) mass is 434 g/mol. The first-order valence-electron chi connectivity index (χ1n) is 9.90. The Kier molecular flexibility index (Phi) is 6.85. The van der Waals surface area contributed by atoms with Crippen LogP contribution in [0.4, 0.5) is 5.69 Å². The average Bonchev–Trinajstić information content (AvgIpc) is 2.73. The normalized spacial score (nSPS) is 15.1. The Balaban J connectivity index is 1.94. The molecule has 2 aromatic rings. The van der Waals surface area contributed by atoms with Gasteiger partial charge < -0.3 is 4.90 Å². The van der Waals surface area contributed by atoms with E-state index in [9.17, 15) is 13.2 Å². The van der Waals surface area contributed by atoms with Gasteiger partial charge in [-0.3, -0.25) is 9.10 Å². The Bertz CT molecular complexity index is 954. The average molecular weight is 435 g/mol. The number of para-hydroxylation sites is 1. The van der Waals surface area contributed by atoms with Crippen molar-refractivity contribution in [2.45, 2.75) is 50.0 Å². The first kappa shape index (κ1) is 21.7. The van der Waals surface area contributed by atoms with Crippen LogP contribution in [0, 0.1) is 6.92 Å². The molecule has 0 aliphatic heterocycles. The number of aryl methyl sites for hydroxylation is 1. The number of amides is 1. The summed E-state index contributed by atoms with van der Waals surface area (Å²) in [7, 11) is -2.14. The molecule has 1 aliphatic rings. The Morgan fingerprint density at radius 2 is 1.66 bits per heavy atom. The number of halogens is 1. The number of nitrogens with zero attached hydrogens (tertiary/aromatic N) is 2. The van der Waals surface area contributed by atoms with Gasteiger partial charge in [0.25, 0.3) is 10.0 Å². The molecule has 1 aliphatic carbocycles. The molecule has 1 amide bonds. The molecular weight excluding hydrogens is 408 g/mol. The van der Waals surface area contributed by atoms with E-state index >= 15 is 0 Å². The lowest BCUT2D eigenvalue weighted by Crippen LogP contribution is -2.46. The number of hydrogen-bond acceptors (Lipinski definition) is 3. The maximum atomic E-state index is 13.4. The van der Waals surface area contributed by atoms with E-state index in [2.05, 4.69) is 0 Å². The van der Waals surface area contributed by atoms with Crippen molar-refractivity contribution in [2.75, 3.05) is 17.9 Å². The molecule has 0 aromatic heterocycles. The van der Waals surface area contributed by atoms with Crippen molar-refractivity contribution in [2.24, 2.45) is 0 Å². The van der Waals surface area contributed by atoms with Crippen molar-refractivity contribution in [1.82, 2.24) is 4.90 Å². The van der Waals surface area contributed by atoms with E-state index in [1.807, 2.05) is 19.1 Å². The van der Waals surface area contributed by atoms with Gasteiger partial charge in [0.05, 0.1) is 10.6 Å². The highest BCUT2D eigenvalue weighted by Crippen LogP contribution is 2.28. The summed E-state index contributed by atoms with van der Waals surface area (Å²) in [6.45, 7) is 1.61. The van der Waals surface area contributed by atoms with E-state index in [4.69, 9.17) is 11.6 Å². The molecule has 156 valence electrons. The van der Waals surface area contributed by atoms with Gasteiger partial charge in [-0.25, -0.2) is 8.42 Å². The van der Waals surface area contributed by atoms with Gasteiger partial charge in [-0.1, -0.05) is 49.1 Å². The van der Waals surface area contributed by atoms with Gasteiger partial charge in [0.1, 0.15) is 6.54 Å². The van der Waals surface area contributed by atoms with E-state index in [1.165, 1.54) is 22.9 Å². The zero-order chi connectivity index (χ0) is 21.0. The van der Waals surface area contributed by atoms with Crippen LogP contribution >= 0.6 is 11.6 Å². The van der Waals surface area contributed by atoms with Gasteiger partial charge >= 0.3 is 0 Å². The van der Waals surface area contributed by atoms with Gasteiger partial charge in [-0.15, -0.1) is 0 Å². The van der Waals surface area contributed by atoms with E-state index in [-0.39, 0.29) is 23.4 Å². The quantitative estimate of drug-likeness (QED) is 0.665. The van der Waals surface area contributed by atoms with Crippen molar-refractivity contribution in [3.8, 4) is 0 Å². The van der Waals surface area contributed by atoms with Gasteiger partial charge in [0, 0.05) is 18.1 Å². The molecular formula is C22H27ClN2O3S. The summed E-state index contributed by atoms with van der Waals surface area (Å²) >= 11 is 5.93. The van der Waals surface area contributed by atoms with Gasteiger partial charge in [-0.05, 0) is 55.7 Å². The van der Waals surface area contributed by atoms with E-state index in [1.54, 1.807) is 36.2 Å². The standard InChI is InChI=1S/C22H27ClN2O3S/c1-17-8-6-7-11-21(17)25(29(27,28)20-14-12-18(23)13-15-20)16-22(26)24(2)19-9-4-3-5-10-19/h6-8,11-15,19H,3-5,9-10,16H2,1-2H3. The van der Waals surface area contributed by atoms with Crippen molar-refractivity contribution in [3.63, 3.8) is 0 Å². The van der Waals surface area contributed by atoms with Crippen LogP contribution in [0.15, 0.2) is 53.4 Å². The summed E-state index contributed by atoms with van der Waals surface area (Å²) in [6, 6.07) is 13.4. The number of carbonyl (C=O) groups excluding carboxylic acids is 1. The molecule has 0 saturated heterocycles. The van der Waals surface area contributed by atoms with Crippen LogP contribution in [0.3, 0.4) is 0 Å². The highest BCUT2D eigenvalue weighted by Gasteiger charge is 2.31. The molecule has 0 spiro atoms. The Labute approximate surface area is 178 Å². The van der Waals surface area contributed by atoms with Gasteiger partial charge in [0.15, 0.2) is 0 Å². The fourth-order valence-electron chi connectivity index (χ4n) is 3.78. The molecule has 0 radical (unpaired) electrons. The number of hydrogen-bond donors (Lipinski definition) is 0. The van der Waals surface area contributed by atoms with Crippen LogP contribution < -0.4 is 4.31 Å². The molecule has 0 unspecified atom stereocenters. The molecule has 2 aromatic carbocycles. The highest BCUT2D eigenvalue weighted by molar-refractivity contribution is 7.92. The van der Waals surface area contributed by atoms with Crippen molar-refractivity contribution in [1.29, 1.82) is 0 Å². The molecule has 1 saturated carbocycles. The van der Waals surface area contributed by atoms with E-state index < -0.39 is 10.0 Å². The number of rotatable bonds is 6. The molecule has 29 heavy (non-hydrogen) atoms. The second kappa shape index (κ2) is 9.18. The van der Waals surface area contributed by atoms with Crippen LogP contribution in [-0.4, -0.2) is 38.9 Å². The molecule has 0 atom stereocenters. The van der Waals surface area contributed by atoms with Crippen molar-refractivity contribution < 1.29 is 13.2 Å². The first-order valence-corrected chi connectivity index (χ1v) is 11.7. The van der Waals surface area contributed by atoms with Crippen molar-refractivity contribution >= 4 is 33.2 Å². The number of sulfonamides is 1. The zero-order valence-corrected chi connectivity index (χ0v) is 18.4. The molecule has 0 N–H and O–H groups in total. The Morgan fingerprint density at radius 3 is 2.28 bits per heavy atom. The van der Waals surface area contributed by atoms with Crippen LogP contribution in [0.25, 0.3) is 0 Å². The summed E-state index contributed by atoms with van der Waals surface area (Å²) < 4.78 is 28.1. The molecule has 3 rings (SSSR count). The summed E-state index contributed by atoms with van der Waals surface area (Å²) in [5, 5.41) is 0.458. The maximum absolute atomic E-state index is 13.4. The third-order valence-electron chi connectivity index (χ3n) is 5.58. The fraction of sp³-hybridized carbons (Fsp3) is 0.409. The van der Waals surface area contributed by atoms with Crippen LogP contribution in [0.2, 0.25) is 5.02 Å². The maximum Gasteiger partial charge on any atom is 0.264 e. The fourth-order valence-corrected chi connectivity index (χ4v) is 5.39. The third kappa shape index (κ3) is 4.93. The second-order valence-electron chi connectivity index (χ2n) is 7.55. The van der Waals surface area contributed by atoms with Gasteiger partial charge in [-0.2, -0.15) is 0 Å². The lowest BCUT2D eigenvalue weighted by atomic mass is 9.94. The predicted octanol–water partition coefficient (Wildman–Crippen LogP) is 4.63. The summed E-state index contributed by atoms with van der Waals surface area (Å²) in [5.74, 6) is -0.197. The second-order valence-corrected chi connectivity index (χ2v) is 9.85. The summed E-state index contributed by atoms with van der Waals surface area (Å²) in [6.07, 6.45) is 5.34. The first-order chi connectivity index (χ1) is 13.8. The molecule has 5 nitrogen and oxygen atoms in total. The number of anilines is 1. The minimum absolute atomic E-state index is 0.110. The van der Waals surface area contributed by atoms with Crippen LogP contribution in [0.5, 0.6) is 0 Å². The lowest BCUT2D eigenvalue weighted by Gasteiger charge is -2.33. The van der Waals surface area contributed by atoms with Crippen LogP contribution in [-0.2, 0) is 14.8 Å². The largest absolute Gasteiger partial charge is 0.341 e. The predicted molar refractivity (Wildman–Crippen MR) is 117 cm³/mol. The Hall–Kier alpha value is -2.05.